The minimum Gasteiger partial charge on any atom is -0.497 e. The topological polar surface area (TPSA) is 30.5 Å². The molecular formula is C18H25NO2. The van der Waals surface area contributed by atoms with Crippen LogP contribution in [-0.2, 0) is 0 Å². The molecule has 3 fully saturated rings. The first kappa shape index (κ1) is 13.4. The van der Waals surface area contributed by atoms with Crippen LogP contribution in [0.15, 0.2) is 18.2 Å². The Morgan fingerprint density at radius 2 is 1.81 bits per heavy atom. The quantitative estimate of drug-likeness (QED) is 0.901. The van der Waals surface area contributed by atoms with Gasteiger partial charge in [-0.15, -0.1) is 0 Å². The van der Waals surface area contributed by atoms with Crippen LogP contribution in [0.4, 0.5) is 0 Å². The van der Waals surface area contributed by atoms with Crippen LogP contribution < -0.4 is 14.8 Å². The maximum atomic E-state index is 5.60. The number of nitrogens with one attached hydrogen (secondary N) is 1. The average molecular weight is 287 g/mol. The molecule has 1 N–H and O–H groups in total. The lowest BCUT2D eigenvalue weighted by Gasteiger charge is -2.23. The van der Waals surface area contributed by atoms with Gasteiger partial charge in [-0.05, 0) is 74.1 Å². The third-order valence-electron chi connectivity index (χ3n) is 6.26. The maximum absolute atomic E-state index is 5.60. The molecule has 0 aliphatic heterocycles. The highest BCUT2D eigenvalue weighted by Crippen LogP contribution is 2.72. The van der Waals surface area contributed by atoms with Crippen molar-refractivity contribution in [2.75, 3.05) is 21.3 Å². The molecule has 2 bridgehead atoms. The molecule has 114 valence electrons. The lowest BCUT2D eigenvalue weighted by Crippen LogP contribution is -2.22. The van der Waals surface area contributed by atoms with Crippen molar-refractivity contribution >= 4 is 0 Å². The van der Waals surface area contributed by atoms with Crippen LogP contribution in [0.3, 0.4) is 0 Å². The predicted molar refractivity (Wildman–Crippen MR) is 82.6 cm³/mol. The van der Waals surface area contributed by atoms with Gasteiger partial charge >= 0.3 is 0 Å². The molecule has 3 aliphatic rings. The molecule has 0 aromatic heterocycles. The molecule has 0 saturated heterocycles. The molecule has 1 aromatic carbocycles. The van der Waals surface area contributed by atoms with Crippen molar-refractivity contribution in [3.05, 3.63) is 23.8 Å². The van der Waals surface area contributed by atoms with Gasteiger partial charge in [0.15, 0.2) is 0 Å². The van der Waals surface area contributed by atoms with E-state index in [0.717, 1.165) is 41.1 Å². The van der Waals surface area contributed by atoms with E-state index in [1.165, 1.54) is 24.8 Å². The summed E-state index contributed by atoms with van der Waals surface area (Å²) in [5.41, 5.74) is 1.26. The van der Waals surface area contributed by atoms with E-state index < -0.39 is 0 Å². The highest BCUT2D eigenvalue weighted by atomic mass is 16.5. The molecule has 3 nitrogen and oxygen atoms in total. The molecule has 5 unspecified atom stereocenters. The maximum Gasteiger partial charge on any atom is 0.123 e. The Labute approximate surface area is 127 Å². The van der Waals surface area contributed by atoms with E-state index in [9.17, 15) is 0 Å². The van der Waals surface area contributed by atoms with E-state index in [0.29, 0.717) is 6.04 Å². The van der Waals surface area contributed by atoms with Crippen LogP contribution in [-0.4, -0.2) is 21.3 Å². The Kier molecular flexibility index (Phi) is 3.14. The second-order valence-corrected chi connectivity index (χ2v) is 6.94. The number of ether oxygens (including phenoxy) is 2. The van der Waals surface area contributed by atoms with Gasteiger partial charge in [-0.2, -0.15) is 0 Å². The highest BCUT2D eigenvalue weighted by molar-refractivity contribution is 5.43. The fraction of sp³-hybridized carbons (Fsp3) is 0.667. The molecule has 3 heteroatoms. The Balaban J connectivity index is 1.65. The summed E-state index contributed by atoms with van der Waals surface area (Å²) in [5.74, 6) is 6.60. The number of rotatable bonds is 5. The van der Waals surface area contributed by atoms with E-state index in [1.54, 1.807) is 14.2 Å². The van der Waals surface area contributed by atoms with Crippen LogP contribution in [0.5, 0.6) is 11.5 Å². The summed E-state index contributed by atoms with van der Waals surface area (Å²) in [6.07, 6.45) is 4.43. The van der Waals surface area contributed by atoms with Crippen LogP contribution >= 0.6 is 0 Å². The molecule has 5 atom stereocenters. The second kappa shape index (κ2) is 4.91. The van der Waals surface area contributed by atoms with Gasteiger partial charge in [-0.3, -0.25) is 0 Å². The summed E-state index contributed by atoms with van der Waals surface area (Å²) in [6, 6.07) is 6.56. The zero-order valence-electron chi connectivity index (χ0n) is 13.1. The minimum atomic E-state index is 0.397. The van der Waals surface area contributed by atoms with Gasteiger partial charge in [0.2, 0.25) is 0 Å². The molecule has 3 aliphatic carbocycles. The second-order valence-electron chi connectivity index (χ2n) is 6.94. The first-order valence-electron chi connectivity index (χ1n) is 8.17. The van der Waals surface area contributed by atoms with Crippen LogP contribution in [0, 0.1) is 29.6 Å². The number of hydrogen-bond acceptors (Lipinski definition) is 3. The monoisotopic (exact) mass is 287 g/mol. The fourth-order valence-corrected chi connectivity index (χ4v) is 5.48. The first-order valence-corrected chi connectivity index (χ1v) is 8.17. The SMILES string of the molecule is CNC(c1cc(OC)ccc1OC)C1C2C3CCC(C3)C21. The molecule has 3 saturated carbocycles. The van der Waals surface area contributed by atoms with Crippen molar-refractivity contribution < 1.29 is 9.47 Å². The largest absolute Gasteiger partial charge is 0.497 e. The molecule has 21 heavy (non-hydrogen) atoms. The summed E-state index contributed by atoms with van der Waals surface area (Å²) in [7, 11) is 5.57. The average Bonchev–Trinajstić information content (AvgIpc) is 2.94. The van der Waals surface area contributed by atoms with Crippen molar-refractivity contribution in [1.29, 1.82) is 0 Å². The van der Waals surface area contributed by atoms with Crippen LogP contribution in [0.1, 0.15) is 30.9 Å². The molecule has 1 aromatic rings. The number of hydrogen-bond donors (Lipinski definition) is 1. The molecule has 0 spiro atoms. The van der Waals surface area contributed by atoms with Gasteiger partial charge in [0.05, 0.1) is 14.2 Å². The lowest BCUT2D eigenvalue weighted by atomic mass is 9.92. The molecule has 0 amide bonds. The Bertz CT molecular complexity index is 528. The van der Waals surface area contributed by atoms with Crippen molar-refractivity contribution in [2.45, 2.75) is 25.3 Å². The number of fused-ring (bicyclic) bond motifs is 5. The van der Waals surface area contributed by atoms with Crippen molar-refractivity contribution in [2.24, 2.45) is 29.6 Å². The van der Waals surface area contributed by atoms with Gasteiger partial charge < -0.3 is 14.8 Å². The van der Waals surface area contributed by atoms with E-state index in [4.69, 9.17) is 9.47 Å². The summed E-state index contributed by atoms with van der Waals surface area (Å²) < 4.78 is 11.0. The number of methoxy groups -OCH3 is 2. The van der Waals surface area contributed by atoms with E-state index in [-0.39, 0.29) is 0 Å². The minimum absolute atomic E-state index is 0.397. The third-order valence-corrected chi connectivity index (χ3v) is 6.26. The van der Waals surface area contributed by atoms with Gasteiger partial charge in [0, 0.05) is 11.6 Å². The molecule has 4 rings (SSSR count). The Morgan fingerprint density at radius 3 is 2.38 bits per heavy atom. The summed E-state index contributed by atoms with van der Waals surface area (Å²) in [6.45, 7) is 0. The fourth-order valence-electron chi connectivity index (χ4n) is 5.48. The smallest absolute Gasteiger partial charge is 0.123 e. The lowest BCUT2D eigenvalue weighted by molar-refractivity contribution is 0.358. The van der Waals surface area contributed by atoms with Gasteiger partial charge in [0.1, 0.15) is 11.5 Å². The third kappa shape index (κ3) is 1.90. The summed E-state index contributed by atoms with van der Waals surface area (Å²) in [5, 5.41) is 3.57. The van der Waals surface area contributed by atoms with Crippen molar-refractivity contribution in [3.63, 3.8) is 0 Å². The number of benzene rings is 1. The van der Waals surface area contributed by atoms with Crippen LogP contribution in [0.2, 0.25) is 0 Å². The van der Waals surface area contributed by atoms with Crippen molar-refractivity contribution in [1.82, 2.24) is 5.32 Å². The zero-order valence-corrected chi connectivity index (χ0v) is 13.1. The molecule has 0 heterocycles. The molecule has 0 radical (unpaired) electrons. The summed E-state index contributed by atoms with van der Waals surface area (Å²) in [4.78, 5) is 0. The first-order chi connectivity index (χ1) is 10.3. The van der Waals surface area contributed by atoms with Gasteiger partial charge in [-0.1, -0.05) is 0 Å². The van der Waals surface area contributed by atoms with Crippen LogP contribution in [0.25, 0.3) is 0 Å². The van der Waals surface area contributed by atoms with E-state index in [1.807, 2.05) is 12.1 Å². The highest BCUT2D eigenvalue weighted by Gasteiger charge is 2.66. The molecular weight excluding hydrogens is 262 g/mol. The Morgan fingerprint density at radius 1 is 1.10 bits per heavy atom. The normalized spacial score (nSPS) is 37.2. The Hall–Kier alpha value is -1.22. The van der Waals surface area contributed by atoms with Gasteiger partial charge in [-0.25, -0.2) is 0 Å². The summed E-state index contributed by atoms with van der Waals surface area (Å²) >= 11 is 0. The van der Waals surface area contributed by atoms with Crippen molar-refractivity contribution in [3.8, 4) is 11.5 Å². The van der Waals surface area contributed by atoms with Gasteiger partial charge in [0.25, 0.3) is 0 Å². The predicted octanol–water partition coefficient (Wildman–Crippen LogP) is 3.26. The standard InChI is InChI=1S/C18H25NO2/c1-19-18(13-9-12(20-2)6-7-14(13)21-3)17-15-10-4-5-11(8-10)16(15)17/h6-7,9-11,15-19H,4-5,8H2,1-3H3. The van der Waals surface area contributed by atoms with E-state index >= 15 is 0 Å². The zero-order chi connectivity index (χ0) is 14.6. The van der Waals surface area contributed by atoms with E-state index in [2.05, 4.69) is 18.4 Å².